The summed E-state index contributed by atoms with van der Waals surface area (Å²) >= 11 is 0. The first kappa shape index (κ1) is 11.3. The predicted octanol–water partition coefficient (Wildman–Crippen LogP) is 1.80. The van der Waals surface area contributed by atoms with Crippen molar-refractivity contribution in [3.05, 3.63) is 47.9 Å². The number of aromatic carboxylic acids is 1. The molecule has 1 aromatic carbocycles. The summed E-state index contributed by atoms with van der Waals surface area (Å²) in [4.78, 5) is 19.0. The Kier molecular flexibility index (Phi) is 2.49. The lowest BCUT2D eigenvalue weighted by atomic mass is 10.1. The van der Waals surface area contributed by atoms with Crippen LogP contribution >= 0.6 is 0 Å². The summed E-state index contributed by atoms with van der Waals surface area (Å²) in [7, 11) is 0. The van der Waals surface area contributed by atoms with E-state index in [-0.39, 0.29) is 11.5 Å². The Bertz CT molecular complexity index is 779. The van der Waals surface area contributed by atoms with Crippen molar-refractivity contribution in [3.63, 3.8) is 0 Å². The predicted molar refractivity (Wildman–Crippen MR) is 67.9 cm³/mol. The molecule has 0 radical (unpaired) electrons. The minimum Gasteiger partial charge on any atom is -0.477 e. The van der Waals surface area contributed by atoms with Crippen LogP contribution < -0.4 is 0 Å². The van der Waals surface area contributed by atoms with Gasteiger partial charge < -0.3 is 5.11 Å². The van der Waals surface area contributed by atoms with E-state index >= 15 is 0 Å². The van der Waals surface area contributed by atoms with Crippen LogP contribution in [0.3, 0.4) is 0 Å². The normalized spacial score (nSPS) is 10.8. The maximum atomic E-state index is 11.1. The number of fused-ring (bicyclic) bond motifs is 1. The Balaban J connectivity index is 2.32. The molecule has 3 aromatic rings. The van der Waals surface area contributed by atoms with Gasteiger partial charge in [-0.3, -0.25) is 0 Å². The molecule has 3 rings (SSSR count). The van der Waals surface area contributed by atoms with Gasteiger partial charge in [0, 0.05) is 5.56 Å². The molecule has 0 aliphatic rings. The van der Waals surface area contributed by atoms with Crippen LogP contribution in [0.5, 0.6) is 0 Å². The molecular weight excluding hydrogens is 244 g/mol. The fourth-order valence-electron chi connectivity index (χ4n) is 1.93. The number of aromatic nitrogens is 4. The Morgan fingerprint density at radius 3 is 2.89 bits per heavy atom. The number of hydrogen-bond donors (Lipinski definition) is 1. The van der Waals surface area contributed by atoms with Gasteiger partial charge >= 0.3 is 5.97 Å². The quantitative estimate of drug-likeness (QED) is 0.754. The zero-order chi connectivity index (χ0) is 13.4. The van der Waals surface area contributed by atoms with Gasteiger partial charge in [0.2, 0.25) is 0 Å². The molecule has 0 saturated heterocycles. The molecule has 0 spiro atoms. The lowest BCUT2D eigenvalue weighted by Crippen LogP contribution is -2.05. The van der Waals surface area contributed by atoms with Gasteiger partial charge in [0.05, 0.1) is 5.69 Å². The first-order valence-corrected chi connectivity index (χ1v) is 5.66. The molecule has 0 aliphatic carbocycles. The molecule has 2 heterocycles. The fourth-order valence-corrected chi connectivity index (χ4v) is 1.93. The monoisotopic (exact) mass is 254 g/mol. The standard InChI is InChI=1S/C13H10N4O2/c1-8-3-2-4-9(5-8)11-6-10(12(18)19)16-13-14-7-15-17(11)13/h2-7H,1H3,(H,18,19). The number of benzene rings is 1. The SMILES string of the molecule is Cc1cccc(-c2cc(C(=O)O)nc3ncnn23)c1. The molecule has 6 nitrogen and oxygen atoms in total. The molecule has 0 bridgehead atoms. The summed E-state index contributed by atoms with van der Waals surface area (Å²) in [5.74, 6) is -0.809. The van der Waals surface area contributed by atoms with E-state index in [1.165, 1.54) is 16.9 Å². The van der Waals surface area contributed by atoms with Gasteiger partial charge in [0.1, 0.15) is 6.33 Å². The van der Waals surface area contributed by atoms with E-state index in [9.17, 15) is 4.79 Å². The van der Waals surface area contributed by atoms with Crippen LogP contribution in [0.25, 0.3) is 17.0 Å². The zero-order valence-electron chi connectivity index (χ0n) is 10.1. The van der Waals surface area contributed by atoms with E-state index in [4.69, 9.17) is 5.11 Å². The largest absolute Gasteiger partial charge is 0.477 e. The van der Waals surface area contributed by atoms with Crippen LogP contribution in [0.1, 0.15) is 16.1 Å². The van der Waals surface area contributed by atoms with Gasteiger partial charge in [0.25, 0.3) is 5.78 Å². The number of hydrogen-bond acceptors (Lipinski definition) is 4. The second kappa shape index (κ2) is 4.16. The van der Waals surface area contributed by atoms with E-state index in [1.807, 2.05) is 31.2 Å². The van der Waals surface area contributed by atoms with Crippen LogP contribution in [0.4, 0.5) is 0 Å². The highest BCUT2D eigenvalue weighted by Crippen LogP contribution is 2.21. The second-order valence-corrected chi connectivity index (χ2v) is 4.17. The van der Waals surface area contributed by atoms with Crippen LogP contribution in [0, 0.1) is 6.92 Å². The van der Waals surface area contributed by atoms with Gasteiger partial charge in [-0.05, 0) is 19.1 Å². The Morgan fingerprint density at radius 2 is 2.16 bits per heavy atom. The van der Waals surface area contributed by atoms with Crippen molar-refractivity contribution in [1.29, 1.82) is 0 Å². The molecular formula is C13H10N4O2. The molecule has 6 heteroatoms. The van der Waals surface area contributed by atoms with E-state index < -0.39 is 5.97 Å². The molecule has 0 atom stereocenters. The lowest BCUT2D eigenvalue weighted by molar-refractivity contribution is 0.0690. The van der Waals surface area contributed by atoms with Crippen molar-refractivity contribution in [1.82, 2.24) is 19.6 Å². The first-order chi connectivity index (χ1) is 9.15. The van der Waals surface area contributed by atoms with Gasteiger partial charge in [0.15, 0.2) is 5.69 Å². The molecule has 0 fully saturated rings. The summed E-state index contributed by atoms with van der Waals surface area (Å²) in [6, 6.07) is 9.24. The number of carboxylic acid groups (broad SMARTS) is 1. The van der Waals surface area contributed by atoms with Gasteiger partial charge in [-0.15, -0.1) is 0 Å². The van der Waals surface area contributed by atoms with Crippen molar-refractivity contribution < 1.29 is 9.90 Å². The van der Waals surface area contributed by atoms with Crippen LogP contribution in [0.2, 0.25) is 0 Å². The number of carbonyl (C=O) groups is 1. The topological polar surface area (TPSA) is 80.4 Å². The average Bonchev–Trinajstić information content (AvgIpc) is 2.85. The van der Waals surface area contributed by atoms with E-state index in [0.717, 1.165) is 11.1 Å². The third-order valence-corrected chi connectivity index (χ3v) is 2.78. The Hall–Kier alpha value is -2.76. The molecule has 0 unspecified atom stereocenters. The van der Waals surface area contributed by atoms with Crippen molar-refractivity contribution in [2.24, 2.45) is 0 Å². The van der Waals surface area contributed by atoms with Crippen LogP contribution in [-0.4, -0.2) is 30.7 Å². The van der Waals surface area contributed by atoms with Gasteiger partial charge in [-0.1, -0.05) is 23.8 Å². The lowest BCUT2D eigenvalue weighted by Gasteiger charge is -2.06. The Morgan fingerprint density at radius 1 is 1.32 bits per heavy atom. The average molecular weight is 254 g/mol. The smallest absolute Gasteiger partial charge is 0.354 e. The highest BCUT2D eigenvalue weighted by molar-refractivity contribution is 5.87. The molecule has 19 heavy (non-hydrogen) atoms. The van der Waals surface area contributed by atoms with Crippen molar-refractivity contribution in [3.8, 4) is 11.3 Å². The summed E-state index contributed by atoms with van der Waals surface area (Å²) < 4.78 is 1.53. The molecule has 1 N–H and O–H groups in total. The molecule has 0 aliphatic heterocycles. The van der Waals surface area contributed by atoms with Crippen molar-refractivity contribution in [2.75, 3.05) is 0 Å². The fraction of sp³-hybridized carbons (Fsp3) is 0.0769. The van der Waals surface area contributed by atoms with Crippen LogP contribution in [-0.2, 0) is 0 Å². The summed E-state index contributed by atoms with van der Waals surface area (Å²) in [5.41, 5.74) is 2.57. The summed E-state index contributed by atoms with van der Waals surface area (Å²) in [5, 5.41) is 13.2. The minimum absolute atomic E-state index is 0.0444. The number of aryl methyl sites for hydroxylation is 1. The third-order valence-electron chi connectivity index (χ3n) is 2.78. The molecule has 0 saturated carbocycles. The number of nitrogens with zero attached hydrogens (tertiary/aromatic N) is 4. The molecule has 0 amide bonds. The summed E-state index contributed by atoms with van der Waals surface area (Å²) in [6.07, 6.45) is 1.35. The summed E-state index contributed by atoms with van der Waals surface area (Å²) in [6.45, 7) is 1.97. The second-order valence-electron chi connectivity index (χ2n) is 4.17. The van der Waals surface area contributed by atoms with Gasteiger partial charge in [-0.2, -0.15) is 14.6 Å². The van der Waals surface area contributed by atoms with Crippen LogP contribution in [0.15, 0.2) is 36.7 Å². The maximum Gasteiger partial charge on any atom is 0.354 e. The van der Waals surface area contributed by atoms with E-state index in [0.29, 0.717) is 5.69 Å². The van der Waals surface area contributed by atoms with Crippen molar-refractivity contribution in [2.45, 2.75) is 6.92 Å². The highest BCUT2D eigenvalue weighted by Gasteiger charge is 2.13. The number of rotatable bonds is 2. The zero-order valence-corrected chi connectivity index (χ0v) is 10.1. The first-order valence-electron chi connectivity index (χ1n) is 5.66. The van der Waals surface area contributed by atoms with Gasteiger partial charge in [-0.25, -0.2) is 9.78 Å². The molecule has 2 aromatic heterocycles. The Labute approximate surface area is 108 Å². The highest BCUT2D eigenvalue weighted by atomic mass is 16.4. The van der Waals surface area contributed by atoms with Crippen molar-refractivity contribution >= 4 is 11.7 Å². The van der Waals surface area contributed by atoms with E-state index in [1.54, 1.807) is 0 Å². The third kappa shape index (κ3) is 1.93. The maximum absolute atomic E-state index is 11.1. The molecule has 94 valence electrons. The number of carboxylic acids is 1. The van der Waals surface area contributed by atoms with E-state index in [2.05, 4.69) is 15.1 Å². The minimum atomic E-state index is -1.08.